The number of hydrogen-bond acceptors (Lipinski definition) is 5. The van der Waals surface area contributed by atoms with Crippen LogP contribution in [0.4, 0.5) is 8.78 Å². The second-order valence-corrected chi connectivity index (χ2v) is 5.40. The summed E-state index contributed by atoms with van der Waals surface area (Å²) in [5.41, 5.74) is 3.30. The Balaban J connectivity index is 1.66. The molecule has 1 saturated heterocycles. The van der Waals surface area contributed by atoms with Gasteiger partial charge in [0.1, 0.15) is 23.2 Å². The highest BCUT2D eigenvalue weighted by atomic mass is 19.1. The van der Waals surface area contributed by atoms with Gasteiger partial charge in [-0.2, -0.15) is 0 Å². The van der Waals surface area contributed by atoms with Gasteiger partial charge in [0.2, 0.25) is 0 Å². The summed E-state index contributed by atoms with van der Waals surface area (Å²) in [4.78, 5) is 4.37. The third kappa shape index (κ3) is 3.20. The van der Waals surface area contributed by atoms with E-state index in [1.165, 1.54) is 19.2 Å². The van der Waals surface area contributed by atoms with E-state index in [0.29, 0.717) is 26.2 Å². The van der Waals surface area contributed by atoms with Crippen molar-refractivity contribution >= 4 is 5.84 Å². The maximum Gasteiger partial charge on any atom is 0.133 e. The molecule has 120 valence electrons. The van der Waals surface area contributed by atoms with E-state index in [4.69, 9.17) is 9.47 Å². The molecule has 5 nitrogen and oxygen atoms in total. The molecule has 0 saturated carbocycles. The molecule has 0 spiro atoms. The van der Waals surface area contributed by atoms with E-state index in [-0.39, 0.29) is 17.2 Å². The number of morpholine rings is 1. The quantitative estimate of drug-likeness (QED) is 0.923. The van der Waals surface area contributed by atoms with Gasteiger partial charge in [0.25, 0.3) is 0 Å². The molecular formula is C15H19F2N3O2. The number of ether oxygens (including phenoxy) is 2. The van der Waals surface area contributed by atoms with Crippen LogP contribution in [0.2, 0.25) is 0 Å². The Bertz CT molecular complexity index is 551. The molecule has 7 heteroatoms. The van der Waals surface area contributed by atoms with Crippen LogP contribution in [0.5, 0.6) is 5.75 Å². The zero-order valence-corrected chi connectivity index (χ0v) is 12.4. The van der Waals surface area contributed by atoms with Crippen molar-refractivity contribution in [1.82, 2.24) is 10.4 Å². The van der Waals surface area contributed by atoms with Gasteiger partial charge in [-0.15, -0.1) is 0 Å². The Morgan fingerprint density at radius 1 is 1.27 bits per heavy atom. The van der Waals surface area contributed by atoms with Gasteiger partial charge in [0.05, 0.1) is 20.3 Å². The van der Waals surface area contributed by atoms with Crippen molar-refractivity contribution in [3.8, 4) is 5.75 Å². The third-order valence-electron chi connectivity index (χ3n) is 3.94. The lowest BCUT2D eigenvalue weighted by Gasteiger charge is -2.28. The summed E-state index contributed by atoms with van der Waals surface area (Å²) >= 11 is 0. The van der Waals surface area contributed by atoms with Crippen molar-refractivity contribution in [1.29, 1.82) is 0 Å². The Morgan fingerprint density at radius 2 is 1.95 bits per heavy atom. The lowest BCUT2D eigenvalue weighted by molar-refractivity contribution is 0.0245. The third-order valence-corrected chi connectivity index (χ3v) is 3.94. The van der Waals surface area contributed by atoms with Gasteiger partial charge in [-0.25, -0.2) is 13.8 Å². The average Bonchev–Trinajstić information content (AvgIpc) is 2.95. The number of aliphatic imine (C=N–C) groups is 1. The van der Waals surface area contributed by atoms with Crippen LogP contribution < -0.4 is 10.2 Å². The Labute approximate surface area is 127 Å². The molecule has 0 radical (unpaired) electrons. The second kappa shape index (κ2) is 6.58. The molecular weight excluding hydrogens is 292 g/mol. The number of benzene rings is 1. The maximum atomic E-state index is 14.1. The summed E-state index contributed by atoms with van der Waals surface area (Å²) in [6, 6.07) is 2.43. The standard InChI is InChI=1S/C15H19F2N3O2/c1-21-11-7-12(16)15(13(17)8-11)10-6-14(18-9-10)19-20-2-4-22-5-3-20/h7-8,10H,2-6,9H2,1H3,(H,18,19)/t10-/m0/s1. The molecule has 0 aliphatic carbocycles. The van der Waals surface area contributed by atoms with Crippen LogP contribution in [0.3, 0.4) is 0 Å². The molecule has 1 atom stereocenters. The largest absolute Gasteiger partial charge is 0.497 e. The normalized spacial score (nSPS) is 22.5. The fourth-order valence-electron chi connectivity index (χ4n) is 2.78. The van der Waals surface area contributed by atoms with Gasteiger partial charge >= 0.3 is 0 Å². The Hall–Kier alpha value is -1.73. The van der Waals surface area contributed by atoms with E-state index in [1.807, 2.05) is 5.01 Å². The average molecular weight is 311 g/mol. The van der Waals surface area contributed by atoms with E-state index in [2.05, 4.69) is 10.4 Å². The van der Waals surface area contributed by atoms with E-state index < -0.39 is 11.6 Å². The van der Waals surface area contributed by atoms with Gasteiger partial charge in [-0.05, 0) is 0 Å². The highest BCUT2D eigenvalue weighted by Gasteiger charge is 2.27. The summed E-state index contributed by atoms with van der Waals surface area (Å²) in [6.07, 6.45) is 0.498. The number of rotatable bonds is 3. The first-order chi connectivity index (χ1) is 10.7. The van der Waals surface area contributed by atoms with Crippen molar-refractivity contribution in [2.24, 2.45) is 4.99 Å². The minimum absolute atomic E-state index is 0.0864. The van der Waals surface area contributed by atoms with E-state index in [0.717, 1.165) is 18.9 Å². The van der Waals surface area contributed by atoms with E-state index >= 15 is 0 Å². The summed E-state index contributed by atoms with van der Waals surface area (Å²) in [7, 11) is 1.39. The summed E-state index contributed by atoms with van der Waals surface area (Å²) in [5, 5.41) is 2.02. The number of halogens is 2. The molecule has 2 heterocycles. The zero-order chi connectivity index (χ0) is 15.5. The molecule has 0 unspecified atom stereocenters. The van der Waals surface area contributed by atoms with E-state index in [1.54, 1.807) is 0 Å². The Morgan fingerprint density at radius 3 is 2.59 bits per heavy atom. The zero-order valence-electron chi connectivity index (χ0n) is 12.4. The van der Waals surface area contributed by atoms with Crippen molar-refractivity contribution < 1.29 is 18.3 Å². The molecule has 0 amide bonds. The molecule has 3 rings (SSSR count). The van der Waals surface area contributed by atoms with Crippen LogP contribution in [0.1, 0.15) is 17.9 Å². The molecule has 0 bridgehead atoms. The lowest BCUT2D eigenvalue weighted by Crippen LogP contribution is -2.48. The lowest BCUT2D eigenvalue weighted by atomic mass is 9.96. The SMILES string of the molecule is COc1cc(F)c([C@@H]2CN=C(NN3CCOCC3)C2)c(F)c1. The maximum absolute atomic E-state index is 14.1. The summed E-state index contributed by atoms with van der Waals surface area (Å²) in [5.74, 6) is -0.491. The van der Waals surface area contributed by atoms with Gasteiger partial charge in [-0.1, -0.05) is 0 Å². The van der Waals surface area contributed by atoms with Crippen molar-refractivity contribution in [3.63, 3.8) is 0 Å². The van der Waals surface area contributed by atoms with Crippen LogP contribution >= 0.6 is 0 Å². The second-order valence-electron chi connectivity index (χ2n) is 5.40. The Kier molecular flexibility index (Phi) is 4.54. The number of hydrogen-bond donors (Lipinski definition) is 1. The van der Waals surface area contributed by atoms with Gasteiger partial charge in [0.15, 0.2) is 0 Å². The molecule has 22 heavy (non-hydrogen) atoms. The van der Waals surface area contributed by atoms with Crippen molar-refractivity contribution in [2.45, 2.75) is 12.3 Å². The van der Waals surface area contributed by atoms with Gasteiger partial charge < -0.3 is 14.9 Å². The topological polar surface area (TPSA) is 46.1 Å². The number of methoxy groups -OCH3 is 1. The van der Waals surface area contributed by atoms with Gasteiger partial charge in [0, 0.05) is 49.7 Å². The monoisotopic (exact) mass is 311 g/mol. The smallest absolute Gasteiger partial charge is 0.133 e. The van der Waals surface area contributed by atoms with E-state index in [9.17, 15) is 8.78 Å². The van der Waals surface area contributed by atoms with Crippen LogP contribution in [0, 0.1) is 11.6 Å². The first kappa shape index (κ1) is 15.2. The van der Waals surface area contributed by atoms with Crippen LogP contribution in [0.15, 0.2) is 17.1 Å². The predicted molar refractivity (Wildman–Crippen MR) is 78.1 cm³/mol. The van der Waals surface area contributed by atoms with Crippen molar-refractivity contribution in [2.75, 3.05) is 40.0 Å². The van der Waals surface area contributed by atoms with Gasteiger partial charge in [-0.3, -0.25) is 4.99 Å². The minimum Gasteiger partial charge on any atom is -0.497 e. The fourth-order valence-corrected chi connectivity index (χ4v) is 2.78. The number of nitrogens with one attached hydrogen (secondary N) is 1. The molecule has 1 N–H and O–H groups in total. The van der Waals surface area contributed by atoms with Crippen LogP contribution in [0.25, 0.3) is 0 Å². The molecule has 0 aromatic heterocycles. The first-order valence-electron chi connectivity index (χ1n) is 7.33. The first-order valence-corrected chi connectivity index (χ1v) is 7.33. The fraction of sp³-hybridized carbons (Fsp3) is 0.533. The summed E-state index contributed by atoms with van der Waals surface area (Å²) in [6.45, 7) is 3.27. The number of nitrogens with zero attached hydrogens (tertiary/aromatic N) is 2. The van der Waals surface area contributed by atoms with Crippen LogP contribution in [-0.4, -0.2) is 50.8 Å². The predicted octanol–water partition coefficient (Wildman–Crippen LogP) is 1.70. The van der Waals surface area contributed by atoms with Crippen LogP contribution in [-0.2, 0) is 4.74 Å². The highest BCUT2D eigenvalue weighted by Crippen LogP contribution is 2.32. The highest BCUT2D eigenvalue weighted by molar-refractivity contribution is 5.84. The molecule has 1 aromatic rings. The minimum atomic E-state index is -0.579. The number of hydrazine groups is 1. The van der Waals surface area contributed by atoms with Crippen molar-refractivity contribution in [3.05, 3.63) is 29.3 Å². The molecule has 2 aliphatic rings. The molecule has 1 aromatic carbocycles. The molecule has 2 aliphatic heterocycles. The number of amidine groups is 1. The summed E-state index contributed by atoms with van der Waals surface area (Å²) < 4.78 is 38.4. The molecule has 1 fully saturated rings.